The molecule has 3 aromatic rings. The van der Waals surface area contributed by atoms with E-state index in [-0.39, 0.29) is 41.2 Å². The van der Waals surface area contributed by atoms with Crippen molar-refractivity contribution in [3.8, 4) is 0 Å². The number of amides is 2. The molecule has 0 saturated carbocycles. The molecule has 0 radical (unpaired) electrons. The van der Waals surface area contributed by atoms with Crippen LogP contribution in [-0.4, -0.2) is 60.9 Å². The van der Waals surface area contributed by atoms with Crippen LogP contribution < -0.4 is 4.90 Å². The van der Waals surface area contributed by atoms with Crippen molar-refractivity contribution >= 4 is 17.5 Å². The lowest BCUT2D eigenvalue weighted by Crippen LogP contribution is -2.47. The lowest BCUT2D eigenvalue weighted by molar-refractivity contribution is -0.140. The van der Waals surface area contributed by atoms with Crippen molar-refractivity contribution in [2.45, 2.75) is 25.2 Å². The molecule has 2 heterocycles. The zero-order chi connectivity index (χ0) is 28.3. The van der Waals surface area contributed by atoms with E-state index in [0.29, 0.717) is 19.4 Å². The van der Waals surface area contributed by atoms with E-state index in [0.717, 1.165) is 61.5 Å². The highest BCUT2D eigenvalue weighted by atomic mass is 19.1. The number of piperazine rings is 1. The lowest BCUT2D eigenvalue weighted by atomic mass is 9.85. The summed E-state index contributed by atoms with van der Waals surface area (Å²) in [5.41, 5.74) is 4.11. The predicted molar refractivity (Wildman–Crippen MR) is 156 cm³/mol. The van der Waals surface area contributed by atoms with Crippen LogP contribution in [0.5, 0.6) is 0 Å². The number of carbonyl (C=O) groups excluding carboxylic acids is 2. The molecule has 0 aromatic heterocycles. The van der Waals surface area contributed by atoms with Gasteiger partial charge in [-0.15, -0.1) is 0 Å². The van der Waals surface area contributed by atoms with Crippen molar-refractivity contribution in [3.05, 3.63) is 113 Å². The second-order valence-electron chi connectivity index (χ2n) is 11.3. The van der Waals surface area contributed by atoms with E-state index in [2.05, 4.69) is 34.1 Å². The Hall–Kier alpha value is -3.84. The van der Waals surface area contributed by atoms with Gasteiger partial charge in [-0.3, -0.25) is 19.4 Å². The summed E-state index contributed by atoms with van der Waals surface area (Å²) < 4.78 is 27.3. The van der Waals surface area contributed by atoms with Crippen LogP contribution in [0.3, 0.4) is 0 Å². The maximum Gasteiger partial charge on any atom is 0.233 e. The first-order chi connectivity index (χ1) is 20.0. The maximum absolute atomic E-state index is 13.6. The summed E-state index contributed by atoms with van der Waals surface area (Å²) in [7, 11) is 0. The quantitative estimate of drug-likeness (QED) is 0.206. The van der Waals surface area contributed by atoms with Crippen LogP contribution in [0.1, 0.15) is 41.9 Å². The van der Waals surface area contributed by atoms with Crippen molar-refractivity contribution in [1.82, 2.24) is 9.80 Å². The molecule has 0 spiro atoms. The largest absolute Gasteiger partial charge is 0.369 e. The highest BCUT2D eigenvalue weighted by Gasteiger charge is 2.46. The van der Waals surface area contributed by atoms with Crippen LogP contribution in [0.4, 0.5) is 14.5 Å². The van der Waals surface area contributed by atoms with Gasteiger partial charge in [-0.25, -0.2) is 8.78 Å². The Morgan fingerprint density at radius 3 is 1.59 bits per heavy atom. The van der Waals surface area contributed by atoms with E-state index < -0.39 is 0 Å². The van der Waals surface area contributed by atoms with Gasteiger partial charge in [0.25, 0.3) is 0 Å². The zero-order valence-electron chi connectivity index (χ0n) is 23.1. The number of fused-ring (bicyclic) bond motifs is 1. The summed E-state index contributed by atoms with van der Waals surface area (Å²) in [4.78, 5) is 31.7. The first kappa shape index (κ1) is 27.3. The third kappa shape index (κ3) is 5.82. The van der Waals surface area contributed by atoms with E-state index in [9.17, 15) is 18.4 Å². The number of nitrogens with zero attached hydrogens (tertiary/aromatic N) is 3. The van der Waals surface area contributed by atoms with Crippen LogP contribution in [0.15, 0.2) is 84.9 Å². The Morgan fingerprint density at radius 1 is 0.634 bits per heavy atom. The Morgan fingerprint density at radius 2 is 1.10 bits per heavy atom. The fourth-order valence-corrected chi connectivity index (χ4v) is 6.54. The molecule has 3 aliphatic rings. The molecule has 2 atom stereocenters. The van der Waals surface area contributed by atoms with Gasteiger partial charge in [-0.1, -0.05) is 48.6 Å². The molecular formula is C34H35F2N3O2. The topological polar surface area (TPSA) is 43.9 Å². The highest BCUT2D eigenvalue weighted by Crippen LogP contribution is 2.35. The van der Waals surface area contributed by atoms with Crippen molar-refractivity contribution in [2.75, 3.05) is 44.2 Å². The number of likely N-dealkylation sites (tertiary alicyclic amines) is 1. The average molecular weight is 556 g/mol. The molecular weight excluding hydrogens is 520 g/mol. The van der Waals surface area contributed by atoms with Crippen LogP contribution in [0.25, 0.3) is 0 Å². The van der Waals surface area contributed by atoms with Gasteiger partial charge in [-0.05, 0) is 78.9 Å². The summed E-state index contributed by atoms with van der Waals surface area (Å²) in [6.45, 7) is 5.02. The number of hydrogen-bond donors (Lipinski definition) is 0. The normalized spacial score (nSPS) is 21.1. The second kappa shape index (κ2) is 12.0. The molecule has 2 saturated heterocycles. The Kier molecular flexibility index (Phi) is 7.97. The lowest BCUT2D eigenvalue weighted by Gasteiger charge is -2.36. The molecule has 2 aliphatic heterocycles. The maximum atomic E-state index is 13.6. The molecule has 6 rings (SSSR count). The Labute approximate surface area is 240 Å². The average Bonchev–Trinajstić information content (AvgIpc) is 3.25. The van der Waals surface area contributed by atoms with Gasteiger partial charge in [0, 0.05) is 44.3 Å². The van der Waals surface area contributed by atoms with Gasteiger partial charge >= 0.3 is 0 Å². The van der Waals surface area contributed by atoms with Gasteiger partial charge < -0.3 is 4.90 Å². The van der Waals surface area contributed by atoms with Crippen LogP contribution in [-0.2, 0) is 9.59 Å². The van der Waals surface area contributed by atoms with Crippen molar-refractivity contribution < 1.29 is 18.4 Å². The summed E-state index contributed by atoms with van der Waals surface area (Å²) in [5, 5.41) is 0. The molecule has 41 heavy (non-hydrogen) atoms. The third-order valence-electron chi connectivity index (χ3n) is 8.83. The number of benzene rings is 3. The van der Waals surface area contributed by atoms with E-state index in [1.165, 1.54) is 29.2 Å². The number of halogens is 2. The molecule has 0 N–H and O–H groups in total. The van der Waals surface area contributed by atoms with Gasteiger partial charge in [0.1, 0.15) is 11.6 Å². The Balaban J connectivity index is 1.04. The number of hydrogen-bond acceptors (Lipinski definition) is 4. The van der Waals surface area contributed by atoms with Crippen molar-refractivity contribution in [1.29, 1.82) is 0 Å². The first-order valence-corrected chi connectivity index (χ1v) is 14.6. The zero-order valence-corrected chi connectivity index (χ0v) is 23.1. The van der Waals surface area contributed by atoms with Gasteiger partial charge in [0.05, 0.1) is 11.8 Å². The minimum Gasteiger partial charge on any atom is -0.369 e. The molecule has 3 aromatic carbocycles. The molecule has 5 nitrogen and oxygen atoms in total. The van der Waals surface area contributed by atoms with Gasteiger partial charge in [-0.2, -0.15) is 0 Å². The van der Waals surface area contributed by atoms with Crippen LogP contribution in [0.2, 0.25) is 0 Å². The van der Waals surface area contributed by atoms with E-state index in [4.69, 9.17) is 0 Å². The van der Waals surface area contributed by atoms with E-state index in [1.54, 1.807) is 24.3 Å². The summed E-state index contributed by atoms with van der Waals surface area (Å²) >= 11 is 0. The number of carbonyl (C=O) groups is 2. The molecule has 7 heteroatoms. The molecule has 1 aliphatic carbocycles. The Bertz CT molecular complexity index is 1330. The minimum atomic E-state index is -0.283. The molecule has 2 fully saturated rings. The summed E-state index contributed by atoms with van der Waals surface area (Å²) in [6.07, 6.45) is 6.23. The monoisotopic (exact) mass is 555 g/mol. The van der Waals surface area contributed by atoms with Crippen molar-refractivity contribution in [3.63, 3.8) is 0 Å². The molecule has 2 amide bonds. The smallest absolute Gasteiger partial charge is 0.233 e. The highest BCUT2D eigenvalue weighted by molar-refractivity contribution is 6.05. The van der Waals surface area contributed by atoms with E-state index in [1.807, 2.05) is 12.2 Å². The second-order valence-corrected chi connectivity index (χ2v) is 11.3. The number of imide groups is 1. The number of allylic oxidation sites excluding steroid dienone is 2. The standard InChI is InChI=1S/C34H35F2N3O2/c35-27-12-6-24(7-13-27)32(25-8-14-28(36)15-9-25)26-10-16-29(17-11-26)38-22-20-37(21-23-38)18-3-19-39-33(40)30-4-1-2-5-31(30)34(39)41/h1-2,6-17,30-32H,3-5,18-23H2. The molecule has 0 bridgehead atoms. The van der Waals surface area contributed by atoms with Crippen LogP contribution >= 0.6 is 0 Å². The third-order valence-corrected chi connectivity index (χ3v) is 8.83. The van der Waals surface area contributed by atoms with Crippen LogP contribution in [0, 0.1) is 23.5 Å². The SMILES string of the molecule is O=C1C2CC=CCC2C(=O)N1CCCN1CCN(c2ccc(C(c3ccc(F)cc3)c3ccc(F)cc3)cc2)CC1. The predicted octanol–water partition coefficient (Wildman–Crippen LogP) is 5.61. The minimum absolute atomic E-state index is 0.0127. The molecule has 212 valence electrons. The van der Waals surface area contributed by atoms with E-state index >= 15 is 0 Å². The van der Waals surface area contributed by atoms with Gasteiger partial charge in [0.15, 0.2) is 0 Å². The number of rotatable bonds is 8. The fourth-order valence-electron chi connectivity index (χ4n) is 6.54. The summed E-state index contributed by atoms with van der Waals surface area (Å²) in [5.74, 6) is -0.967. The molecule has 2 unspecified atom stereocenters. The number of anilines is 1. The first-order valence-electron chi connectivity index (χ1n) is 14.6. The van der Waals surface area contributed by atoms with Crippen molar-refractivity contribution in [2.24, 2.45) is 11.8 Å². The van der Waals surface area contributed by atoms with Gasteiger partial charge in [0.2, 0.25) is 11.8 Å². The fraction of sp³-hybridized carbons (Fsp3) is 0.353. The summed E-state index contributed by atoms with van der Waals surface area (Å²) in [6, 6.07) is 21.5.